The lowest BCUT2D eigenvalue weighted by molar-refractivity contribution is 0.0786. The summed E-state index contributed by atoms with van der Waals surface area (Å²) >= 11 is 0. The van der Waals surface area contributed by atoms with E-state index in [2.05, 4.69) is 5.32 Å². The molecular weight excluding hydrogens is 214 g/mol. The molecule has 2 rings (SSSR count). The summed E-state index contributed by atoms with van der Waals surface area (Å²) in [5, 5.41) is 22.8. The maximum Gasteiger partial charge on any atom is 0.0693 e. The summed E-state index contributed by atoms with van der Waals surface area (Å²) in [6, 6.07) is 0.296. The molecule has 100 valence electrons. The molecule has 0 spiro atoms. The fraction of sp³-hybridized carbons (Fsp3) is 1.00. The minimum Gasteiger partial charge on any atom is -0.396 e. The van der Waals surface area contributed by atoms with Crippen LogP contribution in [0.25, 0.3) is 0 Å². The lowest BCUT2D eigenvalue weighted by Gasteiger charge is -2.34. The Kier molecular flexibility index (Phi) is 5.26. The summed E-state index contributed by atoms with van der Waals surface area (Å²) in [6.07, 6.45) is 9.30. The van der Waals surface area contributed by atoms with Crippen molar-refractivity contribution in [1.29, 1.82) is 0 Å². The molecule has 2 aliphatic rings. The van der Waals surface area contributed by atoms with E-state index in [1.54, 1.807) is 0 Å². The van der Waals surface area contributed by atoms with E-state index in [4.69, 9.17) is 0 Å². The highest BCUT2D eigenvalue weighted by atomic mass is 16.3. The van der Waals surface area contributed by atoms with Crippen LogP contribution in [0, 0.1) is 11.8 Å². The van der Waals surface area contributed by atoms with Gasteiger partial charge >= 0.3 is 0 Å². The number of hydrogen-bond donors (Lipinski definition) is 3. The highest BCUT2D eigenvalue weighted by Crippen LogP contribution is 2.29. The van der Waals surface area contributed by atoms with E-state index in [1.807, 2.05) is 0 Å². The molecule has 0 radical (unpaired) electrons. The fourth-order valence-corrected chi connectivity index (χ4v) is 3.45. The van der Waals surface area contributed by atoms with Gasteiger partial charge in [0.1, 0.15) is 0 Å². The summed E-state index contributed by atoms with van der Waals surface area (Å²) in [7, 11) is 0. The van der Waals surface area contributed by atoms with Gasteiger partial charge in [0.05, 0.1) is 6.10 Å². The van der Waals surface area contributed by atoms with Crippen LogP contribution in [0.3, 0.4) is 0 Å². The Morgan fingerprint density at radius 1 is 0.882 bits per heavy atom. The van der Waals surface area contributed by atoms with Gasteiger partial charge in [-0.2, -0.15) is 0 Å². The quantitative estimate of drug-likeness (QED) is 0.702. The van der Waals surface area contributed by atoms with Gasteiger partial charge in [0.15, 0.2) is 0 Å². The van der Waals surface area contributed by atoms with E-state index < -0.39 is 0 Å². The second-order valence-electron chi connectivity index (χ2n) is 5.85. The van der Waals surface area contributed by atoms with E-state index in [-0.39, 0.29) is 6.10 Å². The molecule has 2 aliphatic carbocycles. The van der Waals surface area contributed by atoms with E-state index in [1.165, 1.54) is 38.5 Å². The standard InChI is InChI=1S/C14H27NO2/c16-10-12-6-2-1-5-11(12)9-15-13-7-3-4-8-14(13)17/h11-17H,1-10H2/t11?,12?,13-,14-/m0/s1. The smallest absolute Gasteiger partial charge is 0.0693 e. The highest BCUT2D eigenvalue weighted by molar-refractivity contribution is 4.83. The van der Waals surface area contributed by atoms with Gasteiger partial charge in [-0.15, -0.1) is 0 Å². The summed E-state index contributed by atoms with van der Waals surface area (Å²) in [6.45, 7) is 1.31. The van der Waals surface area contributed by atoms with Crippen LogP contribution in [0.2, 0.25) is 0 Å². The molecule has 0 aromatic heterocycles. The molecule has 2 fully saturated rings. The van der Waals surface area contributed by atoms with Gasteiger partial charge in [0.25, 0.3) is 0 Å². The Bertz CT molecular complexity index is 222. The van der Waals surface area contributed by atoms with Crippen molar-refractivity contribution in [3.63, 3.8) is 0 Å². The Hall–Kier alpha value is -0.120. The minimum atomic E-state index is -0.153. The van der Waals surface area contributed by atoms with Gasteiger partial charge in [-0.3, -0.25) is 0 Å². The van der Waals surface area contributed by atoms with Crippen LogP contribution in [0.15, 0.2) is 0 Å². The molecule has 0 aliphatic heterocycles. The first-order valence-electron chi connectivity index (χ1n) is 7.33. The molecule has 0 bridgehead atoms. The van der Waals surface area contributed by atoms with Gasteiger partial charge < -0.3 is 15.5 Å². The Morgan fingerprint density at radius 2 is 1.53 bits per heavy atom. The molecule has 3 heteroatoms. The van der Waals surface area contributed by atoms with Crippen LogP contribution in [0.5, 0.6) is 0 Å². The maximum atomic E-state index is 9.91. The van der Waals surface area contributed by atoms with Crippen LogP contribution in [0.1, 0.15) is 51.4 Å². The van der Waals surface area contributed by atoms with Gasteiger partial charge in [-0.25, -0.2) is 0 Å². The van der Waals surface area contributed by atoms with Crippen molar-refractivity contribution in [2.75, 3.05) is 13.2 Å². The first kappa shape index (κ1) is 13.3. The first-order chi connectivity index (χ1) is 8.31. The number of hydrogen-bond acceptors (Lipinski definition) is 3. The molecule has 2 saturated carbocycles. The van der Waals surface area contributed by atoms with Crippen molar-refractivity contribution >= 4 is 0 Å². The van der Waals surface area contributed by atoms with Crippen LogP contribution >= 0.6 is 0 Å². The molecular formula is C14H27NO2. The zero-order chi connectivity index (χ0) is 12.1. The third-order valence-corrected chi connectivity index (χ3v) is 4.67. The Balaban J connectivity index is 1.75. The topological polar surface area (TPSA) is 52.5 Å². The summed E-state index contributed by atoms with van der Waals surface area (Å²) in [5.41, 5.74) is 0. The average molecular weight is 241 g/mol. The minimum absolute atomic E-state index is 0.153. The van der Waals surface area contributed by atoms with Crippen molar-refractivity contribution in [1.82, 2.24) is 5.32 Å². The maximum absolute atomic E-state index is 9.91. The van der Waals surface area contributed by atoms with Crippen LogP contribution < -0.4 is 5.32 Å². The largest absolute Gasteiger partial charge is 0.396 e. The van der Waals surface area contributed by atoms with Crippen molar-refractivity contribution in [2.24, 2.45) is 11.8 Å². The van der Waals surface area contributed by atoms with E-state index in [0.717, 1.165) is 19.4 Å². The number of rotatable bonds is 4. The van der Waals surface area contributed by atoms with Crippen LogP contribution in [0.4, 0.5) is 0 Å². The predicted molar refractivity (Wildman–Crippen MR) is 68.8 cm³/mol. The van der Waals surface area contributed by atoms with E-state index in [9.17, 15) is 10.2 Å². The van der Waals surface area contributed by atoms with Gasteiger partial charge in [-0.05, 0) is 44.1 Å². The lowest BCUT2D eigenvalue weighted by atomic mass is 9.79. The molecule has 0 aromatic rings. The van der Waals surface area contributed by atoms with E-state index >= 15 is 0 Å². The highest BCUT2D eigenvalue weighted by Gasteiger charge is 2.27. The second kappa shape index (κ2) is 6.72. The van der Waals surface area contributed by atoms with Crippen molar-refractivity contribution in [3.05, 3.63) is 0 Å². The van der Waals surface area contributed by atoms with Gasteiger partial charge in [0, 0.05) is 12.6 Å². The molecule has 17 heavy (non-hydrogen) atoms. The fourth-order valence-electron chi connectivity index (χ4n) is 3.45. The zero-order valence-corrected chi connectivity index (χ0v) is 10.8. The number of aliphatic hydroxyl groups is 2. The third kappa shape index (κ3) is 3.67. The predicted octanol–water partition coefficient (Wildman–Crippen LogP) is 1.68. The summed E-state index contributed by atoms with van der Waals surface area (Å²) < 4.78 is 0. The number of nitrogens with one attached hydrogen (secondary N) is 1. The van der Waals surface area contributed by atoms with Crippen molar-refractivity contribution < 1.29 is 10.2 Å². The zero-order valence-electron chi connectivity index (χ0n) is 10.8. The molecule has 0 amide bonds. The normalized spacial score (nSPS) is 39.2. The van der Waals surface area contributed by atoms with Crippen LogP contribution in [-0.2, 0) is 0 Å². The molecule has 0 heterocycles. The lowest BCUT2D eigenvalue weighted by Crippen LogP contribution is -2.45. The molecule has 0 saturated heterocycles. The molecule has 2 unspecified atom stereocenters. The summed E-state index contributed by atoms with van der Waals surface area (Å²) in [4.78, 5) is 0. The Labute approximate surface area is 105 Å². The third-order valence-electron chi connectivity index (χ3n) is 4.67. The van der Waals surface area contributed by atoms with Gasteiger partial charge in [0.2, 0.25) is 0 Å². The SMILES string of the molecule is OCC1CCCCC1CN[C@H]1CCCC[C@@H]1O. The summed E-state index contributed by atoms with van der Waals surface area (Å²) in [5.74, 6) is 1.10. The van der Waals surface area contributed by atoms with E-state index in [0.29, 0.717) is 24.5 Å². The van der Waals surface area contributed by atoms with Crippen molar-refractivity contribution in [3.8, 4) is 0 Å². The second-order valence-corrected chi connectivity index (χ2v) is 5.85. The Morgan fingerprint density at radius 3 is 2.24 bits per heavy atom. The first-order valence-corrected chi connectivity index (χ1v) is 7.33. The van der Waals surface area contributed by atoms with Crippen LogP contribution in [-0.4, -0.2) is 35.5 Å². The molecule has 0 aromatic carbocycles. The van der Waals surface area contributed by atoms with Gasteiger partial charge in [-0.1, -0.05) is 25.7 Å². The molecule has 3 nitrogen and oxygen atoms in total. The van der Waals surface area contributed by atoms with Crippen molar-refractivity contribution in [2.45, 2.75) is 63.5 Å². The monoisotopic (exact) mass is 241 g/mol. The average Bonchev–Trinajstić information content (AvgIpc) is 2.38. The number of aliphatic hydroxyl groups excluding tert-OH is 2. The molecule has 4 atom stereocenters. The molecule has 3 N–H and O–H groups in total.